The zero-order chi connectivity index (χ0) is 36.5. The Balaban J connectivity index is 1.69. The van der Waals surface area contributed by atoms with E-state index in [4.69, 9.17) is 23.2 Å². The molecule has 0 aliphatic carbocycles. The Morgan fingerprint density at radius 2 is 1.62 bits per heavy atom. The van der Waals surface area contributed by atoms with Crippen LogP contribution in [0.2, 0.25) is 10.0 Å². The standard InChI is InChI=1S/C36H28Cl2F3N5O4/c1-20(47)45-11-9-22(10-12-45)34(49)44(2)18-24-13-23(21-3-6-26(37)7-4-21)14-29(33(24)48)32-16-27(30(17-42)35(50)46(32)19-43)28-15-25(36(39,40)41)5-8-31(28)38/h3-8,13-16,22,48H,9-12,18H2,1-2H3. The quantitative estimate of drug-likeness (QED) is 0.222. The van der Waals surface area contributed by atoms with Crippen molar-refractivity contribution in [3.8, 4) is 51.5 Å². The molecule has 0 radical (unpaired) electrons. The maximum atomic E-state index is 13.7. The van der Waals surface area contributed by atoms with Crippen LogP contribution in [0.4, 0.5) is 13.2 Å². The number of hydrogen-bond donors (Lipinski definition) is 1. The summed E-state index contributed by atoms with van der Waals surface area (Å²) in [5.41, 5.74) is -2.40. The van der Waals surface area contributed by atoms with E-state index in [0.29, 0.717) is 52.7 Å². The number of nitrogens with zero attached hydrogens (tertiary/aromatic N) is 5. The van der Waals surface area contributed by atoms with Crippen molar-refractivity contribution in [3.05, 3.63) is 97.8 Å². The van der Waals surface area contributed by atoms with Crippen molar-refractivity contribution in [3.63, 3.8) is 0 Å². The average molecular weight is 723 g/mol. The number of alkyl halides is 3. The van der Waals surface area contributed by atoms with Gasteiger partial charge in [0.25, 0.3) is 5.56 Å². The zero-order valence-corrected chi connectivity index (χ0v) is 28.2. The molecule has 1 aromatic heterocycles. The Morgan fingerprint density at radius 1 is 0.960 bits per heavy atom. The number of rotatable bonds is 6. The van der Waals surface area contributed by atoms with Gasteiger partial charge in [0, 0.05) is 71.8 Å². The van der Waals surface area contributed by atoms with E-state index in [0.717, 1.165) is 18.2 Å². The van der Waals surface area contributed by atoms with Crippen LogP contribution in [0.1, 0.15) is 36.5 Å². The second-order valence-electron chi connectivity index (χ2n) is 11.9. The maximum absolute atomic E-state index is 13.7. The monoisotopic (exact) mass is 721 g/mol. The van der Waals surface area contributed by atoms with Crippen molar-refractivity contribution in [1.29, 1.82) is 10.5 Å². The molecule has 5 rings (SSSR count). The molecule has 2 heterocycles. The number of hydrogen-bond acceptors (Lipinski definition) is 6. The Hall–Kier alpha value is -5.30. The number of pyridine rings is 1. The number of aromatic nitrogens is 1. The Bertz CT molecular complexity index is 2150. The molecule has 9 nitrogen and oxygen atoms in total. The summed E-state index contributed by atoms with van der Waals surface area (Å²) in [4.78, 5) is 42.0. The fraction of sp³-hybridized carbons (Fsp3) is 0.250. The predicted molar refractivity (Wildman–Crippen MR) is 181 cm³/mol. The van der Waals surface area contributed by atoms with Gasteiger partial charge in [-0.1, -0.05) is 35.3 Å². The van der Waals surface area contributed by atoms with Gasteiger partial charge in [0.1, 0.15) is 17.4 Å². The number of amides is 2. The molecular formula is C36H28Cl2F3N5O4. The van der Waals surface area contributed by atoms with Crippen molar-refractivity contribution in [2.75, 3.05) is 20.1 Å². The highest BCUT2D eigenvalue weighted by molar-refractivity contribution is 6.33. The van der Waals surface area contributed by atoms with E-state index in [9.17, 15) is 43.2 Å². The summed E-state index contributed by atoms with van der Waals surface area (Å²) >= 11 is 12.4. The topological polar surface area (TPSA) is 130 Å². The molecule has 0 unspecified atom stereocenters. The van der Waals surface area contributed by atoms with Gasteiger partial charge in [-0.3, -0.25) is 14.4 Å². The van der Waals surface area contributed by atoms with Crippen LogP contribution in [0.3, 0.4) is 0 Å². The fourth-order valence-corrected chi connectivity index (χ4v) is 6.39. The van der Waals surface area contributed by atoms with E-state index < -0.39 is 28.6 Å². The van der Waals surface area contributed by atoms with Crippen molar-refractivity contribution < 1.29 is 27.9 Å². The second kappa shape index (κ2) is 14.3. The van der Waals surface area contributed by atoms with Gasteiger partial charge in [-0.05, 0) is 72.5 Å². The minimum Gasteiger partial charge on any atom is -0.507 e. The van der Waals surface area contributed by atoms with Gasteiger partial charge in [-0.25, -0.2) is 4.57 Å². The number of likely N-dealkylation sites (tertiary alicyclic amines) is 1. The number of nitriles is 2. The van der Waals surface area contributed by atoms with Crippen molar-refractivity contribution in [2.45, 2.75) is 32.5 Å². The third-order valence-corrected chi connectivity index (χ3v) is 9.30. The summed E-state index contributed by atoms with van der Waals surface area (Å²) in [5, 5.41) is 32.0. The maximum Gasteiger partial charge on any atom is 0.416 e. The molecule has 0 spiro atoms. The number of halogens is 5. The Labute approximate surface area is 294 Å². The van der Waals surface area contributed by atoms with E-state index in [-0.39, 0.29) is 57.2 Å². The van der Waals surface area contributed by atoms with Crippen LogP contribution in [0, 0.1) is 28.7 Å². The summed E-state index contributed by atoms with van der Waals surface area (Å²) in [6.07, 6.45) is -2.13. The minimum atomic E-state index is -4.77. The van der Waals surface area contributed by atoms with Gasteiger partial charge in [-0.15, -0.1) is 0 Å². The molecule has 1 fully saturated rings. The molecule has 0 atom stereocenters. The lowest BCUT2D eigenvalue weighted by atomic mass is 9.93. The molecule has 1 aliphatic heterocycles. The van der Waals surface area contributed by atoms with Crippen LogP contribution in [0.5, 0.6) is 5.75 Å². The summed E-state index contributed by atoms with van der Waals surface area (Å²) in [7, 11) is 1.56. The van der Waals surface area contributed by atoms with Gasteiger partial charge < -0.3 is 14.9 Å². The van der Waals surface area contributed by atoms with Crippen LogP contribution < -0.4 is 5.56 Å². The predicted octanol–water partition coefficient (Wildman–Crippen LogP) is 7.30. The number of carbonyl (C=O) groups is 2. The van der Waals surface area contributed by atoms with Gasteiger partial charge >= 0.3 is 6.18 Å². The molecule has 3 aromatic carbocycles. The number of carbonyl (C=O) groups excluding carboxylic acids is 2. The van der Waals surface area contributed by atoms with Crippen LogP contribution in [-0.2, 0) is 22.3 Å². The first-order chi connectivity index (χ1) is 23.6. The molecule has 0 bridgehead atoms. The third kappa shape index (κ3) is 7.18. The number of phenols is 1. The first kappa shape index (κ1) is 36.0. The van der Waals surface area contributed by atoms with E-state index in [2.05, 4.69) is 0 Å². The van der Waals surface area contributed by atoms with Gasteiger partial charge in [-0.2, -0.15) is 23.7 Å². The number of aromatic hydroxyl groups is 1. The molecular weight excluding hydrogens is 694 g/mol. The lowest BCUT2D eigenvalue weighted by Crippen LogP contribution is -2.42. The highest BCUT2D eigenvalue weighted by Crippen LogP contribution is 2.41. The van der Waals surface area contributed by atoms with E-state index in [1.54, 1.807) is 54.5 Å². The summed E-state index contributed by atoms with van der Waals surface area (Å²) < 4.78 is 41.6. The van der Waals surface area contributed by atoms with Crippen molar-refractivity contribution in [1.82, 2.24) is 14.4 Å². The van der Waals surface area contributed by atoms with Gasteiger partial charge in [0.15, 0.2) is 6.19 Å². The zero-order valence-electron chi connectivity index (χ0n) is 26.7. The Kier molecular flexibility index (Phi) is 10.3. The molecule has 1 aliphatic rings. The number of phenolic OH excluding ortho intramolecular Hbond substituents is 1. The van der Waals surface area contributed by atoms with Crippen LogP contribution in [0.15, 0.2) is 65.5 Å². The lowest BCUT2D eigenvalue weighted by molar-refractivity contribution is -0.139. The van der Waals surface area contributed by atoms with Gasteiger partial charge in [0.05, 0.1) is 11.3 Å². The lowest BCUT2D eigenvalue weighted by Gasteiger charge is -2.32. The summed E-state index contributed by atoms with van der Waals surface area (Å²) in [5.74, 6) is -1.06. The molecule has 4 aromatic rings. The SMILES string of the molecule is CC(=O)N1CCC(C(=O)N(C)Cc2cc(-c3ccc(Cl)cc3)cc(-c3cc(-c4cc(C(F)(F)F)ccc4Cl)c(C#N)c(=O)n3C#N)c2O)CC1. The highest BCUT2D eigenvalue weighted by Gasteiger charge is 2.32. The van der Waals surface area contributed by atoms with Gasteiger partial charge in [0.2, 0.25) is 11.8 Å². The molecule has 256 valence electrons. The summed E-state index contributed by atoms with van der Waals surface area (Å²) in [6.45, 7) is 2.23. The van der Waals surface area contributed by atoms with E-state index in [1.165, 1.54) is 17.9 Å². The van der Waals surface area contributed by atoms with Crippen molar-refractivity contribution >= 4 is 35.0 Å². The summed E-state index contributed by atoms with van der Waals surface area (Å²) in [6, 6.07) is 15.1. The average Bonchev–Trinajstić information content (AvgIpc) is 3.08. The van der Waals surface area contributed by atoms with Crippen LogP contribution in [-0.4, -0.2) is 51.4 Å². The molecule has 1 N–H and O–H groups in total. The van der Waals surface area contributed by atoms with Crippen molar-refractivity contribution in [2.24, 2.45) is 5.92 Å². The highest BCUT2D eigenvalue weighted by atomic mass is 35.5. The number of benzene rings is 3. The van der Waals surface area contributed by atoms with E-state index >= 15 is 0 Å². The Morgan fingerprint density at radius 3 is 2.20 bits per heavy atom. The first-order valence-corrected chi connectivity index (χ1v) is 16.0. The van der Waals surface area contributed by atoms with E-state index in [1.807, 2.05) is 0 Å². The molecule has 14 heteroatoms. The largest absolute Gasteiger partial charge is 0.507 e. The molecule has 0 saturated carbocycles. The third-order valence-electron chi connectivity index (χ3n) is 8.72. The smallest absolute Gasteiger partial charge is 0.416 e. The molecule has 50 heavy (non-hydrogen) atoms. The fourth-order valence-electron chi connectivity index (χ4n) is 6.04. The minimum absolute atomic E-state index is 0.0714. The molecule has 1 saturated heterocycles. The second-order valence-corrected chi connectivity index (χ2v) is 12.7. The molecule has 2 amide bonds. The van der Waals surface area contributed by atoms with Crippen LogP contribution in [0.25, 0.3) is 33.5 Å². The first-order valence-electron chi connectivity index (χ1n) is 15.2. The number of piperidine rings is 1. The van der Waals surface area contributed by atoms with Crippen LogP contribution >= 0.6 is 23.2 Å². The normalized spacial score (nSPS) is 13.4.